The minimum absolute atomic E-state index is 0.0361. The van der Waals surface area contributed by atoms with Crippen LogP contribution in [0.15, 0.2) is 137 Å². The van der Waals surface area contributed by atoms with Gasteiger partial charge in [-0.2, -0.15) is 0 Å². The van der Waals surface area contributed by atoms with E-state index < -0.39 is 0 Å². The van der Waals surface area contributed by atoms with Crippen molar-refractivity contribution in [3.63, 3.8) is 0 Å². The molecule has 0 aliphatic carbocycles. The predicted molar refractivity (Wildman–Crippen MR) is 199 cm³/mol. The second-order valence-electron chi connectivity index (χ2n) is 14.4. The maximum atomic E-state index is 6.39. The van der Waals surface area contributed by atoms with Crippen LogP contribution in [0.4, 0.5) is 5.69 Å². The molecule has 1 aromatic heterocycles. The van der Waals surface area contributed by atoms with E-state index in [-0.39, 0.29) is 10.8 Å². The van der Waals surface area contributed by atoms with E-state index in [0.29, 0.717) is 5.89 Å². The zero-order chi connectivity index (χ0) is 32.8. The summed E-state index contributed by atoms with van der Waals surface area (Å²) in [5.74, 6) is 0.562. The molecule has 3 nitrogen and oxygen atoms in total. The van der Waals surface area contributed by atoms with Crippen LogP contribution >= 0.6 is 0 Å². The molecule has 1 heterocycles. The fourth-order valence-corrected chi connectivity index (χ4v) is 6.01. The van der Waals surface area contributed by atoms with E-state index in [1.54, 1.807) is 0 Å². The lowest BCUT2D eigenvalue weighted by atomic mass is 9.79. The largest absolute Gasteiger partial charge is 0.436 e. The monoisotopic (exact) mass is 612 g/mol. The van der Waals surface area contributed by atoms with Crippen LogP contribution < -0.4 is 0 Å². The van der Waals surface area contributed by atoms with Gasteiger partial charge in [0.1, 0.15) is 5.52 Å². The molecule has 7 rings (SSSR count). The van der Waals surface area contributed by atoms with Gasteiger partial charge in [0.2, 0.25) is 5.89 Å². The Hall–Kier alpha value is -5.28. The topological polar surface area (TPSA) is 38.4 Å². The van der Waals surface area contributed by atoms with E-state index in [4.69, 9.17) is 14.4 Å². The van der Waals surface area contributed by atoms with Crippen LogP contribution in [-0.2, 0) is 10.8 Å². The molecule has 0 saturated carbocycles. The molecule has 0 aliphatic rings. The number of benzene rings is 6. The number of aromatic nitrogens is 1. The van der Waals surface area contributed by atoms with Gasteiger partial charge in [0.15, 0.2) is 5.58 Å². The standard InChI is InChI=1S/C44H40N2O/c1-43(2,3)35-24-29(25-36(27-35)44(4,5)6)28-45-39-16-10-9-14-38(39)42-46-41-37(15-11-17-40(41)47-42)32-21-18-31(19-22-32)34-23-20-30-12-7-8-13-33(30)26-34/h7-28H,1-6H3. The molecule has 232 valence electrons. The molecule has 7 aromatic rings. The lowest BCUT2D eigenvalue weighted by Gasteiger charge is -2.25. The van der Waals surface area contributed by atoms with Gasteiger partial charge in [-0.25, -0.2) is 4.98 Å². The predicted octanol–water partition coefficient (Wildman–Crippen LogP) is 12.3. The SMILES string of the molecule is CC(C)(C)c1cc(C=Nc2ccccc2-c2nc3c(-c4ccc(-c5ccc6ccccc6c5)cc4)cccc3o2)cc(C(C)(C)C)c1. The maximum absolute atomic E-state index is 6.39. The zero-order valence-corrected chi connectivity index (χ0v) is 28.0. The number of oxazole rings is 1. The highest BCUT2D eigenvalue weighted by Crippen LogP contribution is 2.37. The van der Waals surface area contributed by atoms with Gasteiger partial charge in [0.05, 0.1) is 11.3 Å². The van der Waals surface area contributed by atoms with Crippen molar-refractivity contribution in [1.82, 2.24) is 4.98 Å². The summed E-state index contributed by atoms with van der Waals surface area (Å²) >= 11 is 0. The molecule has 0 saturated heterocycles. The molecular formula is C44H40N2O. The van der Waals surface area contributed by atoms with E-state index in [0.717, 1.165) is 39.0 Å². The van der Waals surface area contributed by atoms with Crippen LogP contribution in [0.3, 0.4) is 0 Å². The zero-order valence-electron chi connectivity index (χ0n) is 28.0. The van der Waals surface area contributed by atoms with E-state index >= 15 is 0 Å². The van der Waals surface area contributed by atoms with Crippen molar-refractivity contribution < 1.29 is 4.42 Å². The van der Waals surface area contributed by atoms with Gasteiger partial charge in [0.25, 0.3) is 0 Å². The van der Waals surface area contributed by atoms with Crippen LogP contribution in [0.25, 0.3) is 55.6 Å². The molecule has 0 unspecified atom stereocenters. The third-order valence-corrected chi connectivity index (χ3v) is 8.87. The fourth-order valence-electron chi connectivity index (χ4n) is 6.01. The molecular weight excluding hydrogens is 572 g/mol. The summed E-state index contributed by atoms with van der Waals surface area (Å²) in [6.07, 6.45) is 1.97. The summed E-state index contributed by atoms with van der Waals surface area (Å²) in [6, 6.07) is 44.8. The Labute approximate surface area is 277 Å². The number of hydrogen-bond donors (Lipinski definition) is 0. The first-order chi connectivity index (χ1) is 22.5. The Bertz CT molecular complexity index is 2220. The van der Waals surface area contributed by atoms with Gasteiger partial charge in [0, 0.05) is 11.8 Å². The first kappa shape index (κ1) is 30.4. The minimum atomic E-state index is 0.0361. The molecule has 0 spiro atoms. The maximum Gasteiger partial charge on any atom is 0.229 e. The van der Waals surface area contributed by atoms with Crippen molar-refractivity contribution in [3.8, 4) is 33.7 Å². The molecule has 0 radical (unpaired) electrons. The Morgan fingerprint density at radius 2 is 1.17 bits per heavy atom. The molecule has 0 N–H and O–H groups in total. The smallest absolute Gasteiger partial charge is 0.229 e. The van der Waals surface area contributed by atoms with Crippen LogP contribution in [0, 0.1) is 0 Å². The third-order valence-electron chi connectivity index (χ3n) is 8.87. The number of rotatable bonds is 5. The summed E-state index contributed by atoms with van der Waals surface area (Å²) in [5.41, 5.74) is 11.6. The lowest BCUT2D eigenvalue weighted by Crippen LogP contribution is -2.17. The van der Waals surface area contributed by atoms with Gasteiger partial charge >= 0.3 is 0 Å². The van der Waals surface area contributed by atoms with Crippen molar-refractivity contribution in [2.24, 2.45) is 4.99 Å². The summed E-state index contributed by atoms with van der Waals surface area (Å²) in [6.45, 7) is 13.5. The Balaban J connectivity index is 1.22. The first-order valence-electron chi connectivity index (χ1n) is 16.3. The molecule has 6 aromatic carbocycles. The highest BCUT2D eigenvalue weighted by Gasteiger charge is 2.20. The summed E-state index contributed by atoms with van der Waals surface area (Å²) < 4.78 is 6.39. The molecule has 0 atom stereocenters. The summed E-state index contributed by atoms with van der Waals surface area (Å²) in [4.78, 5) is 10.0. The third kappa shape index (κ3) is 6.26. The second kappa shape index (κ2) is 11.8. The van der Waals surface area contributed by atoms with E-state index in [1.807, 2.05) is 42.6 Å². The summed E-state index contributed by atoms with van der Waals surface area (Å²) in [5, 5.41) is 2.49. The van der Waals surface area contributed by atoms with Crippen molar-refractivity contribution >= 4 is 33.8 Å². The molecule has 47 heavy (non-hydrogen) atoms. The van der Waals surface area contributed by atoms with Gasteiger partial charge in [-0.1, -0.05) is 133 Å². The number of para-hydroxylation sites is 2. The van der Waals surface area contributed by atoms with Crippen LogP contribution in [0.5, 0.6) is 0 Å². The van der Waals surface area contributed by atoms with Gasteiger partial charge in [-0.05, 0) is 91.4 Å². The Kier molecular flexibility index (Phi) is 7.64. The van der Waals surface area contributed by atoms with Gasteiger partial charge in [-0.15, -0.1) is 0 Å². The Morgan fingerprint density at radius 3 is 1.89 bits per heavy atom. The van der Waals surface area contributed by atoms with Crippen molar-refractivity contribution in [1.29, 1.82) is 0 Å². The lowest BCUT2D eigenvalue weighted by molar-refractivity contribution is 0.568. The Morgan fingerprint density at radius 1 is 0.553 bits per heavy atom. The van der Waals surface area contributed by atoms with Crippen LogP contribution in [0.2, 0.25) is 0 Å². The van der Waals surface area contributed by atoms with E-state index in [1.165, 1.54) is 33.0 Å². The second-order valence-corrected chi connectivity index (χ2v) is 14.4. The van der Waals surface area contributed by atoms with Crippen LogP contribution in [0.1, 0.15) is 58.2 Å². The molecule has 0 aliphatic heterocycles. The number of nitrogens with zero attached hydrogens (tertiary/aromatic N) is 2. The average molecular weight is 613 g/mol. The van der Waals surface area contributed by atoms with Gasteiger partial charge < -0.3 is 4.42 Å². The average Bonchev–Trinajstić information content (AvgIpc) is 3.51. The van der Waals surface area contributed by atoms with Crippen molar-refractivity contribution in [2.75, 3.05) is 0 Å². The molecule has 0 amide bonds. The van der Waals surface area contributed by atoms with Crippen molar-refractivity contribution in [3.05, 3.63) is 144 Å². The number of hydrogen-bond acceptors (Lipinski definition) is 3. The van der Waals surface area contributed by atoms with E-state index in [9.17, 15) is 0 Å². The van der Waals surface area contributed by atoms with Crippen LogP contribution in [-0.4, -0.2) is 11.2 Å². The van der Waals surface area contributed by atoms with E-state index in [2.05, 4.69) is 133 Å². The first-order valence-corrected chi connectivity index (χ1v) is 16.3. The van der Waals surface area contributed by atoms with Gasteiger partial charge in [-0.3, -0.25) is 4.99 Å². The normalized spacial score (nSPS) is 12.4. The van der Waals surface area contributed by atoms with Crippen molar-refractivity contribution in [2.45, 2.75) is 52.4 Å². The molecule has 3 heteroatoms. The highest BCUT2D eigenvalue weighted by atomic mass is 16.3. The summed E-state index contributed by atoms with van der Waals surface area (Å²) in [7, 11) is 0. The quantitative estimate of drug-likeness (QED) is 0.181. The highest BCUT2D eigenvalue weighted by molar-refractivity contribution is 5.94. The molecule has 0 fully saturated rings. The number of fused-ring (bicyclic) bond motifs is 2. The molecule has 0 bridgehead atoms. The number of aliphatic imine (C=N–C) groups is 1. The fraction of sp³-hybridized carbons (Fsp3) is 0.182. The minimum Gasteiger partial charge on any atom is -0.436 e.